The maximum atomic E-state index is 12.9. The standard InChI is InChI=1S/C22H22N4O4S/c27-18(16-6-7-19-20(14-16)30-13-12-29-19)15-31-22-24-23-21(25-8-10-28-11-9-25)26(22)17-4-2-1-3-5-17/h1-7,14H,8-13,15H2. The summed E-state index contributed by atoms with van der Waals surface area (Å²) in [4.78, 5) is 15.0. The lowest BCUT2D eigenvalue weighted by Gasteiger charge is -2.27. The van der Waals surface area contributed by atoms with Crippen LogP contribution in [0.5, 0.6) is 11.5 Å². The molecule has 9 heteroatoms. The molecule has 0 unspecified atom stereocenters. The van der Waals surface area contributed by atoms with Gasteiger partial charge in [-0.15, -0.1) is 10.2 Å². The molecule has 2 aromatic carbocycles. The molecule has 31 heavy (non-hydrogen) atoms. The number of anilines is 1. The molecule has 1 fully saturated rings. The van der Waals surface area contributed by atoms with E-state index in [0.29, 0.717) is 48.6 Å². The maximum Gasteiger partial charge on any atom is 0.232 e. The van der Waals surface area contributed by atoms with Crippen molar-refractivity contribution in [3.05, 3.63) is 54.1 Å². The van der Waals surface area contributed by atoms with Gasteiger partial charge in [0, 0.05) is 18.7 Å². The number of hydrogen-bond acceptors (Lipinski definition) is 8. The van der Waals surface area contributed by atoms with Crippen LogP contribution in [0.25, 0.3) is 5.69 Å². The third-order valence-electron chi connectivity index (χ3n) is 5.12. The Balaban J connectivity index is 1.37. The Morgan fingerprint density at radius 3 is 2.52 bits per heavy atom. The molecule has 0 radical (unpaired) electrons. The molecule has 1 saturated heterocycles. The highest BCUT2D eigenvalue weighted by Crippen LogP contribution is 2.32. The van der Waals surface area contributed by atoms with Crippen LogP contribution < -0.4 is 14.4 Å². The molecule has 1 aromatic heterocycles. The van der Waals surface area contributed by atoms with Crippen molar-refractivity contribution in [2.24, 2.45) is 0 Å². The normalized spacial score (nSPS) is 15.7. The first-order valence-electron chi connectivity index (χ1n) is 10.2. The van der Waals surface area contributed by atoms with Crippen molar-refractivity contribution in [3.63, 3.8) is 0 Å². The third-order valence-corrected chi connectivity index (χ3v) is 6.05. The van der Waals surface area contributed by atoms with E-state index >= 15 is 0 Å². The highest BCUT2D eigenvalue weighted by atomic mass is 32.2. The number of rotatable bonds is 6. The predicted molar refractivity (Wildman–Crippen MR) is 117 cm³/mol. The number of Topliss-reactive ketones (excluding diaryl/α,β-unsaturated/α-hetero) is 1. The van der Waals surface area contributed by atoms with Gasteiger partial charge in [0.25, 0.3) is 0 Å². The third kappa shape index (κ3) is 4.24. The van der Waals surface area contributed by atoms with Gasteiger partial charge in [-0.3, -0.25) is 9.36 Å². The van der Waals surface area contributed by atoms with Crippen molar-refractivity contribution in [2.75, 3.05) is 50.2 Å². The van der Waals surface area contributed by atoms with Gasteiger partial charge in [0.2, 0.25) is 5.95 Å². The summed E-state index contributed by atoms with van der Waals surface area (Å²) in [5.41, 5.74) is 1.55. The summed E-state index contributed by atoms with van der Waals surface area (Å²) in [6.45, 7) is 3.84. The van der Waals surface area contributed by atoms with Crippen molar-refractivity contribution in [1.29, 1.82) is 0 Å². The molecule has 2 aliphatic heterocycles. The Hall–Kier alpha value is -3.04. The van der Waals surface area contributed by atoms with Gasteiger partial charge in [0.05, 0.1) is 24.7 Å². The fraction of sp³-hybridized carbons (Fsp3) is 0.318. The van der Waals surface area contributed by atoms with Crippen molar-refractivity contribution in [2.45, 2.75) is 5.16 Å². The second-order valence-corrected chi connectivity index (χ2v) is 8.07. The molecule has 0 aliphatic carbocycles. The lowest BCUT2D eigenvalue weighted by atomic mass is 10.1. The smallest absolute Gasteiger partial charge is 0.232 e. The number of ether oxygens (including phenoxy) is 3. The summed E-state index contributed by atoms with van der Waals surface area (Å²) < 4.78 is 18.6. The van der Waals surface area contributed by atoms with Crippen LogP contribution in [0, 0.1) is 0 Å². The lowest BCUT2D eigenvalue weighted by molar-refractivity contribution is 0.102. The average Bonchev–Trinajstić information content (AvgIpc) is 3.27. The number of morpholine rings is 1. The van der Waals surface area contributed by atoms with Crippen LogP contribution in [0.2, 0.25) is 0 Å². The molecule has 0 spiro atoms. The molecular weight excluding hydrogens is 416 g/mol. The van der Waals surface area contributed by atoms with E-state index in [2.05, 4.69) is 15.1 Å². The monoisotopic (exact) mass is 438 g/mol. The Morgan fingerprint density at radius 1 is 0.935 bits per heavy atom. The van der Waals surface area contributed by atoms with E-state index in [1.807, 2.05) is 34.9 Å². The van der Waals surface area contributed by atoms with E-state index in [9.17, 15) is 4.79 Å². The fourth-order valence-corrected chi connectivity index (χ4v) is 4.40. The largest absolute Gasteiger partial charge is 0.486 e. The molecule has 3 aromatic rings. The predicted octanol–water partition coefficient (Wildman–Crippen LogP) is 2.85. The van der Waals surface area contributed by atoms with E-state index in [4.69, 9.17) is 14.2 Å². The fourth-order valence-electron chi connectivity index (χ4n) is 3.56. The van der Waals surface area contributed by atoms with Crippen molar-refractivity contribution in [3.8, 4) is 17.2 Å². The molecule has 3 heterocycles. The van der Waals surface area contributed by atoms with Gasteiger partial charge in [-0.2, -0.15) is 0 Å². The number of para-hydroxylation sites is 1. The van der Waals surface area contributed by atoms with Crippen LogP contribution in [0.4, 0.5) is 5.95 Å². The Morgan fingerprint density at radius 2 is 1.71 bits per heavy atom. The van der Waals surface area contributed by atoms with Gasteiger partial charge in [0.1, 0.15) is 13.2 Å². The molecule has 0 bridgehead atoms. The summed E-state index contributed by atoms with van der Waals surface area (Å²) in [5.74, 6) is 2.30. The van der Waals surface area contributed by atoms with E-state index in [1.165, 1.54) is 11.8 Å². The highest BCUT2D eigenvalue weighted by molar-refractivity contribution is 7.99. The van der Waals surface area contributed by atoms with E-state index in [1.54, 1.807) is 18.2 Å². The second-order valence-electron chi connectivity index (χ2n) is 7.12. The minimum Gasteiger partial charge on any atom is -0.486 e. The van der Waals surface area contributed by atoms with Crippen LogP contribution in [0.1, 0.15) is 10.4 Å². The first-order valence-corrected chi connectivity index (χ1v) is 11.2. The summed E-state index contributed by atoms with van der Waals surface area (Å²) in [5, 5.41) is 9.52. The molecule has 2 aliphatic rings. The Labute approximate surface area is 184 Å². The van der Waals surface area contributed by atoms with Crippen LogP contribution in [-0.2, 0) is 4.74 Å². The van der Waals surface area contributed by atoms with E-state index < -0.39 is 0 Å². The van der Waals surface area contributed by atoms with E-state index in [-0.39, 0.29) is 11.5 Å². The zero-order chi connectivity index (χ0) is 21.0. The van der Waals surface area contributed by atoms with Gasteiger partial charge in [-0.05, 0) is 30.3 Å². The van der Waals surface area contributed by atoms with E-state index in [0.717, 1.165) is 24.7 Å². The molecular formula is C22H22N4O4S. The van der Waals surface area contributed by atoms with Crippen molar-refractivity contribution < 1.29 is 19.0 Å². The quantitative estimate of drug-likeness (QED) is 0.429. The molecule has 0 saturated carbocycles. The number of aromatic nitrogens is 3. The van der Waals surface area contributed by atoms with Crippen LogP contribution in [0.15, 0.2) is 53.7 Å². The lowest BCUT2D eigenvalue weighted by Crippen LogP contribution is -2.37. The number of hydrogen-bond donors (Lipinski definition) is 0. The van der Waals surface area contributed by atoms with Gasteiger partial charge >= 0.3 is 0 Å². The average molecular weight is 439 g/mol. The number of thioether (sulfide) groups is 1. The molecule has 0 amide bonds. The molecule has 5 rings (SSSR count). The van der Waals surface area contributed by atoms with Gasteiger partial charge in [0.15, 0.2) is 22.4 Å². The maximum absolute atomic E-state index is 12.9. The van der Waals surface area contributed by atoms with Gasteiger partial charge in [-0.25, -0.2) is 0 Å². The SMILES string of the molecule is O=C(CSc1nnc(N2CCOCC2)n1-c1ccccc1)c1ccc2c(c1)OCCO2. The minimum absolute atomic E-state index is 0.00231. The number of fused-ring (bicyclic) bond motifs is 1. The topological polar surface area (TPSA) is 78.7 Å². The Bertz CT molecular complexity index is 1070. The molecule has 8 nitrogen and oxygen atoms in total. The van der Waals surface area contributed by atoms with Crippen LogP contribution >= 0.6 is 11.8 Å². The first kappa shape index (κ1) is 19.9. The molecule has 160 valence electrons. The zero-order valence-corrected chi connectivity index (χ0v) is 17.7. The summed E-state index contributed by atoms with van der Waals surface area (Å²) in [6.07, 6.45) is 0. The first-order chi connectivity index (χ1) is 15.3. The summed E-state index contributed by atoms with van der Waals surface area (Å²) >= 11 is 1.38. The highest BCUT2D eigenvalue weighted by Gasteiger charge is 2.23. The number of carbonyl (C=O) groups is 1. The van der Waals surface area contributed by atoms with Crippen LogP contribution in [-0.4, -0.2) is 65.8 Å². The number of ketones is 1. The Kier molecular flexibility index (Phi) is 5.77. The minimum atomic E-state index is -0.00231. The zero-order valence-electron chi connectivity index (χ0n) is 16.9. The van der Waals surface area contributed by atoms with Crippen LogP contribution in [0.3, 0.4) is 0 Å². The summed E-state index contributed by atoms with van der Waals surface area (Å²) in [6, 6.07) is 15.3. The molecule has 0 atom stereocenters. The van der Waals surface area contributed by atoms with Gasteiger partial charge in [-0.1, -0.05) is 30.0 Å². The molecule has 0 N–H and O–H groups in total. The number of carbonyl (C=O) groups excluding carboxylic acids is 1. The number of benzene rings is 2. The second kappa shape index (κ2) is 8.99. The summed E-state index contributed by atoms with van der Waals surface area (Å²) in [7, 11) is 0. The van der Waals surface area contributed by atoms with Crippen molar-refractivity contribution in [1.82, 2.24) is 14.8 Å². The van der Waals surface area contributed by atoms with Gasteiger partial charge < -0.3 is 19.1 Å². The number of nitrogens with zero attached hydrogens (tertiary/aromatic N) is 4. The van der Waals surface area contributed by atoms with Crippen molar-refractivity contribution >= 4 is 23.5 Å².